The summed E-state index contributed by atoms with van der Waals surface area (Å²) in [5.41, 5.74) is 0.951. The fourth-order valence-corrected chi connectivity index (χ4v) is 2.20. The number of fused-ring (bicyclic) bond motifs is 1. The van der Waals surface area contributed by atoms with Gasteiger partial charge >= 0.3 is 5.97 Å². The van der Waals surface area contributed by atoms with Crippen LogP contribution in [0.1, 0.15) is 10.5 Å². The average molecular weight is 284 g/mol. The summed E-state index contributed by atoms with van der Waals surface area (Å²) >= 11 is 0. The van der Waals surface area contributed by atoms with E-state index in [0.717, 1.165) is 5.56 Å². The smallest absolute Gasteiger partial charge is 0.356 e. The van der Waals surface area contributed by atoms with Crippen LogP contribution in [0.25, 0.3) is 16.9 Å². The van der Waals surface area contributed by atoms with E-state index in [9.17, 15) is 15.0 Å². The standard InChI is InChI=1S/C15H12N2O4/c1-21-11-4-2-3-9(7-11)14-16-13(15(19)20)12-8-10(18)5-6-17(12)14/h2-8,18H,1H3,(H,19,20). The summed E-state index contributed by atoms with van der Waals surface area (Å²) in [6.07, 6.45) is 1.58. The van der Waals surface area contributed by atoms with Crippen molar-refractivity contribution in [1.29, 1.82) is 0 Å². The number of hydrogen-bond acceptors (Lipinski definition) is 4. The van der Waals surface area contributed by atoms with Gasteiger partial charge in [0.05, 0.1) is 12.6 Å². The zero-order valence-corrected chi connectivity index (χ0v) is 11.1. The number of carboxylic acids is 1. The molecule has 0 radical (unpaired) electrons. The van der Waals surface area contributed by atoms with Gasteiger partial charge in [0.2, 0.25) is 0 Å². The van der Waals surface area contributed by atoms with Gasteiger partial charge < -0.3 is 14.9 Å². The molecule has 106 valence electrons. The van der Waals surface area contributed by atoms with Gasteiger partial charge in [-0.3, -0.25) is 4.40 Å². The van der Waals surface area contributed by atoms with E-state index in [-0.39, 0.29) is 11.4 Å². The summed E-state index contributed by atoms with van der Waals surface area (Å²) in [7, 11) is 1.56. The van der Waals surface area contributed by atoms with Crippen LogP contribution in [0, 0.1) is 0 Å². The zero-order chi connectivity index (χ0) is 15.0. The van der Waals surface area contributed by atoms with Crippen molar-refractivity contribution >= 4 is 11.5 Å². The number of imidazole rings is 1. The first kappa shape index (κ1) is 13.0. The SMILES string of the molecule is COc1cccc(-c2nc(C(=O)O)c3cc(O)ccn23)c1. The molecule has 0 bridgehead atoms. The lowest BCUT2D eigenvalue weighted by Crippen LogP contribution is -1.97. The van der Waals surface area contributed by atoms with Crippen molar-refractivity contribution in [2.45, 2.75) is 0 Å². The maximum absolute atomic E-state index is 11.3. The van der Waals surface area contributed by atoms with E-state index in [1.807, 2.05) is 6.07 Å². The van der Waals surface area contributed by atoms with Gasteiger partial charge in [0.1, 0.15) is 17.3 Å². The molecule has 3 rings (SSSR count). The van der Waals surface area contributed by atoms with Gasteiger partial charge in [0, 0.05) is 17.8 Å². The molecule has 2 heterocycles. The number of hydrogen-bond donors (Lipinski definition) is 2. The molecule has 2 aromatic heterocycles. The lowest BCUT2D eigenvalue weighted by molar-refractivity contribution is 0.0693. The summed E-state index contributed by atoms with van der Waals surface area (Å²) in [6, 6.07) is 10.0. The third-order valence-corrected chi connectivity index (χ3v) is 3.16. The van der Waals surface area contributed by atoms with Crippen LogP contribution in [-0.4, -0.2) is 32.7 Å². The lowest BCUT2D eigenvalue weighted by atomic mass is 10.2. The Morgan fingerprint density at radius 3 is 2.81 bits per heavy atom. The second-order valence-corrected chi connectivity index (χ2v) is 4.46. The van der Waals surface area contributed by atoms with Crippen LogP contribution >= 0.6 is 0 Å². The summed E-state index contributed by atoms with van der Waals surface area (Å²) in [5.74, 6) is -0.0319. The highest BCUT2D eigenvalue weighted by Gasteiger charge is 2.18. The van der Waals surface area contributed by atoms with Crippen molar-refractivity contribution in [1.82, 2.24) is 9.38 Å². The van der Waals surface area contributed by atoms with Crippen LogP contribution in [0.5, 0.6) is 11.5 Å². The number of ether oxygens (including phenoxy) is 1. The van der Waals surface area contributed by atoms with Crippen LogP contribution in [0.4, 0.5) is 0 Å². The van der Waals surface area contributed by atoms with Crippen LogP contribution in [0.3, 0.4) is 0 Å². The quantitative estimate of drug-likeness (QED) is 0.771. The molecule has 0 atom stereocenters. The fourth-order valence-electron chi connectivity index (χ4n) is 2.20. The molecule has 0 unspecified atom stereocenters. The second-order valence-electron chi connectivity index (χ2n) is 4.46. The third kappa shape index (κ3) is 2.16. The van der Waals surface area contributed by atoms with Crippen molar-refractivity contribution in [2.24, 2.45) is 0 Å². The number of rotatable bonds is 3. The Labute approximate surface area is 119 Å². The Balaban J connectivity index is 2.29. The highest BCUT2D eigenvalue weighted by atomic mass is 16.5. The lowest BCUT2D eigenvalue weighted by Gasteiger charge is -2.04. The highest BCUT2D eigenvalue weighted by molar-refractivity contribution is 5.95. The fraction of sp³-hybridized carbons (Fsp3) is 0.0667. The number of pyridine rings is 1. The molecule has 0 spiro atoms. The number of aromatic hydroxyl groups is 1. The summed E-state index contributed by atoms with van der Waals surface area (Å²) in [5, 5.41) is 18.8. The number of benzene rings is 1. The monoisotopic (exact) mass is 284 g/mol. The topological polar surface area (TPSA) is 84.1 Å². The highest BCUT2D eigenvalue weighted by Crippen LogP contribution is 2.27. The Morgan fingerprint density at radius 1 is 1.29 bits per heavy atom. The predicted octanol–water partition coefficient (Wildman–Crippen LogP) is 2.41. The van der Waals surface area contributed by atoms with Crippen molar-refractivity contribution in [3.8, 4) is 22.9 Å². The average Bonchev–Trinajstić information content (AvgIpc) is 2.86. The Bertz CT molecular complexity index is 839. The minimum absolute atomic E-state index is 0.0120. The van der Waals surface area contributed by atoms with E-state index in [2.05, 4.69) is 4.98 Å². The van der Waals surface area contributed by atoms with Gasteiger partial charge in [-0.15, -0.1) is 0 Å². The van der Waals surface area contributed by atoms with Crippen molar-refractivity contribution in [2.75, 3.05) is 7.11 Å². The molecule has 6 nitrogen and oxygen atoms in total. The van der Waals surface area contributed by atoms with E-state index in [1.165, 1.54) is 12.1 Å². The first-order valence-corrected chi connectivity index (χ1v) is 6.19. The van der Waals surface area contributed by atoms with Gasteiger partial charge in [0.15, 0.2) is 5.69 Å². The van der Waals surface area contributed by atoms with E-state index >= 15 is 0 Å². The molecular weight excluding hydrogens is 272 g/mol. The van der Waals surface area contributed by atoms with E-state index < -0.39 is 5.97 Å². The van der Waals surface area contributed by atoms with E-state index in [0.29, 0.717) is 17.1 Å². The first-order valence-electron chi connectivity index (χ1n) is 6.19. The van der Waals surface area contributed by atoms with Crippen LogP contribution < -0.4 is 4.74 Å². The van der Waals surface area contributed by atoms with Crippen LogP contribution in [0.15, 0.2) is 42.6 Å². The number of carbonyl (C=O) groups is 1. The Kier molecular flexibility index (Phi) is 2.98. The van der Waals surface area contributed by atoms with Gasteiger partial charge in [-0.2, -0.15) is 0 Å². The number of aromatic nitrogens is 2. The maximum atomic E-state index is 11.3. The zero-order valence-electron chi connectivity index (χ0n) is 11.1. The number of aromatic carboxylic acids is 1. The molecule has 0 saturated heterocycles. The molecule has 2 N–H and O–H groups in total. The van der Waals surface area contributed by atoms with E-state index in [1.54, 1.807) is 35.9 Å². The molecule has 0 amide bonds. The summed E-state index contributed by atoms with van der Waals surface area (Å²) < 4.78 is 6.79. The minimum Gasteiger partial charge on any atom is -0.508 e. The largest absolute Gasteiger partial charge is 0.508 e. The molecule has 3 aromatic rings. The second kappa shape index (κ2) is 4.82. The van der Waals surface area contributed by atoms with Crippen LogP contribution in [0.2, 0.25) is 0 Å². The molecule has 0 fully saturated rings. The number of nitrogens with zero attached hydrogens (tertiary/aromatic N) is 2. The van der Waals surface area contributed by atoms with E-state index in [4.69, 9.17) is 4.74 Å². The van der Waals surface area contributed by atoms with Crippen molar-refractivity contribution in [3.05, 3.63) is 48.3 Å². The molecule has 1 aromatic carbocycles. The number of carboxylic acid groups (broad SMARTS) is 1. The molecule has 6 heteroatoms. The van der Waals surface area contributed by atoms with Gasteiger partial charge in [-0.1, -0.05) is 12.1 Å². The molecule has 21 heavy (non-hydrogen) atoms. The predicted molar refractivity (Wildman–Crippen MR) is 75.8 cm³/mol. The van der Waals surface area contributed by atoms with Gasteiger partial charge in [-0.05, 0) is 18.2 Å². The summed E-state index contributed by atoms with van der Waals surface area (Å²) in [6.45, 7) is 0. The molecule has 0 aliphatic heterocycles. The summed E-state index contributed by atoms with van der Waals surface area (Å²) in [4.78, 5) is 15.5. The third-order valence-electron chi connectivity index (χ3n) is 3.16. The Morgan fingerprint density at radius 2 is 2.10 bits per heavy atom. The number of methoxy groups -OCH3 is 1. The Hall–Kier alpha value is -3.02. The van der Waals surface area contributed by atoms with Crippen molar-refractivity contribution < 1.29 is 19.7 Å². The van der Waals surface area contributed by atoms with Crippen molar-refractivity contribution in [3.63, 3.8) is 0 Å². The maximum Gasteiger partial charge on any atom is 0.356 e. The van der Waals surface area contributed by atoms with Gasteiger partial charge in [-0.25, -0.2) is 9.78 Å². The molecular formula is C15H12N2O4. The molecule has 0 saturated carbocycles. The molecule has 0 aliphatic carbocycles. The normalized spacial score (nSPS) is 10.7. The molecule has 0 aliphatic rings. The van der Waals surface area contributed by atoms with Crippen LogP contribution in [-0.2, 0) is 0 Å². The minimum atomic E-state index is -1.15. The van der Waals surface area contributed by atoms with Gasteiger partial charge in [0.25, 0.3) is 0 Å². The first-order chi connectivity index (χ1) is 10.1.